The minimum atomic E-state index is -0.682. The lowest BCUT2D eigenvalue weighted by Gasteiger charge is -2.33. The number of aromatic nitrogens is 2. The summed E-state index contributed by atoms with van der Waals surface area (Å²) in [5, 5.41) is 17.7. The molecule has 0 unspecified atom stereocenters. The van der Waals surface area contributed by atoms with Gasteiger partial charge < -0.3 is 10.4 Å². The molecule has 0 aromatic carbocycles. The lowest BCUT2D eigenvalue weighted by Crippen LogP contribution is -2.38. The first-order chi connectivity index (χ1) is 11.0. The van der Waals surface area contributed by atoms with Gasteiger partial charge in [0, 0.05) is 30.9 Å². The monoisotopic (exact) mass is 320 g/mol. The lowest BCUT2D eigenvalue weighted by atomic mass is 9.77. The van der Waals surface area contributed by atoms with Gasteiger partial charge in [0.1, 0.15) is 6.04 Å². The first-order valence-corrected chi connectivity index (χ1v) is 8.66. The van der Waals surface area contributed by atoms with Crippen molar-refractivity contribution in [3.8, 4) is 0 Å². The summed E-state index contributed by atoms with van der Waals surface area (Å²) in [5.41, 5.74) is 3.57. The third kappa shape index (κ3) is 3.02. The number of hydrogen-bond acceptors (Lipinski definition) is 4. The van der Waals surface area contributed by atoms with Crippen LogP contribution in [0.25, 0.3) is 0 Å². The number of aliphatic carboxylic acids is 1. The van der Waals surface area contributed by atoms with E-state index in [2.05, 4.69) is 29.2 Å². The van der Waals surface area contributed by atoms with Gasteiger partial charge in [-0.1, -0.05) is 0 Å². The van der Waals surface area contributed by atoms with Crippen molar-refractivity contribution in [2.45, 2.75) is 59.2 Å². The summed E-state index contributed by atoms with van der Waals surface area (Å²) >= 11 is 0. The second-order valence-corrected chi connectivity index (χ2v) is 7.18. The topological polar surface area (TPSA) is 70.4 Å². The van der Waals surface area contributed by atoms with E-state index >= 15 is 0 Å². The van der Waals surface area contributed by atoms with Crippen molar-refractivity contribution in [1.82, 2.24) is 20.0 Å². The Labute approximate surface area is 137 Å². The molecular formula is C17H28N4O2. The number of nitrogens with one attached hydrogen (secondary N) is 1. The van der Waals surface area contributed by atoms with Gasteiger partial charge >= 0.3 is 5.97 Å². The smallest absolute Gasteiger partial charge is 0.320 e. The van der Waals surface area contributed by atoms with Crippen LogP contribution in [0.3, 0.4) is 0 Å². The van der Waals surface area contributed by atoms with Crippen LogP contribution >= 0.6 is 0 Å². The van der Waals surface area contributed by atoms with Crippen LogP contribution in [0.2, 0.25) is 0 Å². The third-order valence-electron chi connectivity index (χ3n) is 5.75. The highest BCUT2D eigenvalue weighted by atomic mass is 16.4. The summed E-state index contributed by atoms with van der Waals surface area (Å²) in [4.78, 5) is 14.0. The van der Waals surface area contributed by atoms with E-state index in [-0.39, 0.29) is 11.5 Å². The number of rotatable bonds is 4. The number of hydrogen-bond donors (Lipinski definition) is 2. The van der Waals surface area contributed by atoms with Crippen molar-refractivity contribution in [3.63, 3.8) is 0 Å². The van der Waals surface area contributed by atoms with Crippen molar-refractivity contribution in [3.05, 3.63) is 17.0 Å². The highest BCUT2D eigenvalue weighted by molar-refractivity contribution is 5.74. The highest BCUT2D eigenvalue weighted by Crippen LogP contribution is 2.42. The molecule has 2 N–H and O–H groups in total. The van der Waals surface area contributed by atoms with Gasteiger partial charge in [0.25, 0.3) is 0 Å². The van der Waals surface area contributed by atoms with Gasteiger partial charge in [-0.15, -0.1) is 0 Å². The Hall–Kier alpha value is -1.40. The van der Waals surface area contributed by atoms with E-state index in [1.807, 2.05) is 11.6 Å². The van der Waals surface area contributed by atoms with Crippen LogP contribution in [0.5, 0.6) is 0 Å². The Morgan fingerprint density at radius 2 is 2.09 bits per heavy atom. The molecule has 3 rings (SSSR count). The summed E-state index contributed by atoms with van der Waals surface area (Å²) in [7, 11) is 0. The Morgan fingerprint density at radius 1 is 1.39 bits per heavy atom. The SMILES string of the molecule is CCn1nc(C)c(CN2CC3(CCNCC3)C[C@H]2C(=O)O)c1C. The molecule has 0 saturated carbocycles. The summed E-state index contributed by atoms with van der Waals surface area (Å²) in [5.74, 6) is -0.682. The fourth-order valence-electron chi connectivity index (χ4n) is 4.35. The molecule has 0 amide bonds. The van der Waals surface area contributed by atoms with Crippen LogP contribution in [-0.2, 0) is 17.9 Å². The van der Waals surface area contributed by atoms with Gasteiger partial charge in [0.2, 0.25) is 0 Å². The van der Waals surface area contributed by atoms with E-state index in [0.717, 1.165) is 51.1 Å². The predicted molar refractivity (Wildman–Crippen MR) is 88.4 cm³/mol. The second kappa shape index (κ2) is 6.24. The van der Waals surface area contributed by atoms with Gasteiger partial charge in [-0.25, -0.2) is 0 Å². The molecular weight excluding hydrogens is 292 g/mol. The normalized spacial score (nSPS) is 24.4. The first-order valence-electron chi connectivity index (χ1n) is 8.66. The maximum Gasteiger partial charge on any atom is 0.320 e. The summed E-state index contributed by atoms with van der Waals surface area (Å²) in [6.45, 7) is 10.7. The van der Waals surface area contributed by atoms with Crippen LogP contribution in [0.15, 0.2) is 0 Å². The molecule has 0 aliphatic carbocycles. The van der Waals surface area contributed by atoms with Crippen molar-refractivity contribution in [2.24, 2.45) is 5.41 Å². The van der Waals surface area contributed by atoms with E-state index in [1.54, 1.807) is 0 Å². The zero-order valence-corrected chi connectivity index (χ0v) is 14.4. The van der Waals surface area contributed by atoms with E-state index in [4.69, 9.17) is 0 Å². The van der Waals surface area contributed by atoms with E-state index < -0.39 is 5.97 Å². The number of likely N-dealkylation sites (tertiary alicyclic amines) is 1. The molecule has 2 aliphatic heterocycles. The maximum atomic E-state index is 11.8. The summed E-state index contributed by atoms with van der Waals surface area (Å²) in [6.07, 6.45) is 2.95. The predicted octanol–water partition coefficient (Wildman–Crippen LogP) is 1.55. The number of carboxylic acids is 1. The summed E-state index contributed by atoms with van der Waals surface area (Å²) in [6, 6.07) is -0.364. The van der Waals surface area contributed by atoms with Crippen LogP contribution < -0.4 is 5.32 Å². The minimum absolute atomic E-state index is 0.177. The quantitative estimate of drug-likeness (QED) is 0.881. The fourth-order valence-corrected chi connectivity index (χ4v) is 4.35. The first kappa shape index (κ1) is 16.5. The Kier molecular flexibility index (Phi) is 4.47. The van der Waals surface area contributed by atoms with Gasteiger partial charge in [-0.2, -0.15) is 5.10 Å². The average molecular weight is 320 g/mol. The molecule has 0 bridgehead atoms. The second-order valence-electron chi connectivity index (χ2n) is 7.18. The molecule has 2 saturated heterocycles. The molecule has 6 nitrogen and oxygen atoms in total. The van der Waals surface area contributed by atoms with Crippen molar-refractivity contribution >= 4 is 5.97 Å². The standard InChI is InChI=1S/C17H28N4O2/c1-4-21-13(3)14(12(2)19-21)10-20-11-17(5-7-18-8-6-17)9-15(20)16(22)23/h15,18H,4-11H2,1-3H3,(H,22,23)/t15-/m0/s1. The van der Waals surface area contributed by atoms with E-state index in [1.165, 1.54) is 11.3 Å². The number of aryl methyl sites for hydroxylation is 2. The molecule has 128 valence electrons. The molecule has 6 heteroatoms. The Balaban J connectivity index is 1.83. The van der Waals surface area contributed by atoms with E-state index in [9.17, 15) is 9.90 Å². The van der Waals surface area contributed by atoms with Crippen LogP contribution in [0.1, 0.15) is 43.1 Å². The molecule has 3 heterocycles. The van der Waals surface area contributed by atoms with Crippen molar-refractivity contribution < 1.29 is 9.90 Å². The van der Waals surface area contributed by atoms with Gasteiger partial charge in [-0.05, 0) is 58.5 Å². The molecule has 1 aromatic rings. The molecule has 23 heavy (non-hydrogen) atoms. The number of piperidine rings is 1. The highest BCUT2D eigenvalue weighted by Gasteiger charge is 2.47. The number of carbonyl (C=O) groups is 1. The zero-order valence-electron chi connectivity index (χ0n) is 14.4. The number of carboxylic acid groups (broad SMARTS) is 1. The minimum Gasteiger partial charge on any atom is -0.480 e. The maximum absolute atomic E-state index is 11.8. The lowest BCUT2D eigenvalue weighted by molar-refractivity contribution is -0.142. The fraction of sp³-hybridized carbons (Fsp3) is 0.765. The molecule has 2 aliphatic rings. The molecule has 2 fully saturated rings. The average Bonchev–Trinajstić information content (AvgIpc) is 3.00. The summed E-state index contributed by atoms with van der Waals surface area (Å²) < 4.78 is 2.01. The molecule has 1 aromatic heterocycles. The van der Waals surface area contributed by atoms with Crippen LogP contribution in [0, 0.1) is 19.3 Å². The Morgan fingerprint density at radius 3 is 2.65 bits per heavy atom. The van der Waals surface area contributed by atoms with Gasteiger partial charge in [0.05, 0.1) is 5.69 Å². The van der Waals surface area contributed by atoms with Gasteiger partial charge in [0.15, 0.2) is 0 Å². The van der Waals surface area contributed by atoms with Crippen molar-refractivity contribution in [2.75, 3.05) is 19.6 Å². The molecule has 1 atom stereocenters. The Bertz CT molecular complexity index is 590. The zero-order chi connectivity index (χ0) is 16.6. The van der Waals surface area contributed by atoms with Crippen LogP contribution in [-0.4, -0.2) is 51.4 Å². The molecule has 0 radical (unpaired) electrons. The van der Waals surface area contributed by atoms with Crippen molar-refractivity contribution in [1.29, 1.82) is 0 Å². The number of nitrogens with zero attached hydrogens (tertiary/aromatic N) is 3. The van der Waals surface area contributed by atoms with Crippen LogP contribution in [0.4, 0.5) is 0 Å². The largest absolute Gasteiger partial charge is 0.480 e. The molecule has 1 spiro atoms. The van der Waals surface area contributed by atoms with E-state index in [0.29, 0.717) is 6.54 Å². The third-order valence-corrected chi connectivity index (χ3v) is 5.75. The van der Waals surface area contributed by atoms with Gasteiger partial charge in [-0.3, -0.25) is 14.4 Å².